The van der Waals surface area contributed by atoms with Crippen LogP contribution in [0.4, 0.5) is 0 Å². The van der Waals surface area contributed by atoms with Crippen LogP contribution in [0.3, 0.4) is 0 Å². The zero-order chi connectivity index (χ0) is 8.69. The highest BCUT2D eigenvalue weighted by molar-refractivity contribution is 7.98. The van der Waals surface area contributed by atoms with Gasteiger partial charge in [0.1, 0.15) is 0 Å². The van der Waals surface area contributed by atoms with Gasteiger partial charge in [-0.25, -0.2) is 0 Å². The molecule has 0 fully saturated rings. The molecule has 2 unspecified atom stereocenters. The summed E-state index contributed by atoms with van der Waals surface area (Å²) in [5, 5.41) is 12.1. The molecule has 0 spiro atoms. The normalized spacial score (nSPS) is 16.4. The highest BCUT2D eigenvalue weighted by atomic mass is 32.2. The topological polar surface area (TPSA) is 32.3 Å². The number of aliphatic hydroxyl groups excluding tert-OH is 1. The number of hydrogen-bond donors (Lipinski definition) is 2. The molecule has 2 N–H and O–H groups in total. The molecule has 0 aromatic heterocycles. The molecule has 0 amide bonds. The minimum Gasteiger partial charge on any atom is -0.392 e. The fraction of sp³-hybridized carbons (Fsp3) is 1.00. The van der Waals surface area contributed by atoms with E-state index in [0.717, 1.165) is 6.54 Å². The number of aliphatic hydroxyl groups is 1. The number of nitrogens with one attached hydrogen (secondary N) is 1. The fourth-order valence-corrected chi connectivity index (χ4v) is 1.57. The van der Waals surface area contributed by atoms with Crippen LogP contribution < -0.4 is 5.32 Å². The first-order chi connectivity index (χ1) is 5.16. The summed E-state index contributed by atoms with van der Waals surface area (Å²) in [7, 11) is 0. The molecule has 0 aliphatic rings. The predicted octanol–water partition coefficient (Wildman–Crippen LogP) is 0.956. The Bertz CT molecular complexity index is 88.2. The quantitative estimate of drug-likeness (QED) is 0.634. The third kappa shape index (κ3) is 8.17. The lowest BCUT2D eigenvalue weighted by Gasteiger charge is -2.11. The summed E-state index contributed by atoms with van der Waals surface area (Å²) in [6.45, 7) is 5.72. The average Bonchev–Trinajstić information content (AvgIpc) is 1.87. The van der Waals surface area contributed by atoms with Crippen LogP contribution in [0.1, 0.15) is 13.8 Å². The van der Waals surface area contributed by atoms with Crippen molar-refractivity contribution in [1.82, 2.24) is 5.32 Å². The van der Waals surface area contributed by atoms with Gasteiger partial charge >= 0.3 is 0 Å². The second-order valence-corrected chi connectivity index (χ2v) is 3.98. The van der Waals surface area contributed by atoms with Gasteiger partial charge in [0, 0.05) is 6.54 Å². The van der Waals surface area contributed by atoms with Gasteiger partial charge in [-0.05, 0) is 31.4 Å². The van der Waals surface area contributed by atoms with E-state index < -0.39 is 0 Å². The first-order valence-corrected chi connectivity index (χ1v) is 5.44. The molecular weight excluding hydrogens is 158 g/mol. The van der Waals surface area contributed by atoms with Crippen LogP contribution in [0, 0.1) is 5.92 Å². The van der Waals surface area contributed by atoms with Gasteiger partial charge in [0.25, 0.3) is 0 Å². The van der Waals surface area contributed by atoms with Crippen LogP contribution in [0.5, 0.6) is 0 Å². The van der Waals surface area contributed by atoms with E-state index in [4.69, 9.17) is 5.11 Å². The van der Waals surface area contributed by atoms with Crippen LogP contribution in [0.2, 0.25) is 0 Å². The molecule has 11 heavy (non-hydrogen) atoms. The van der Waals surface area contributed by atoms with Crippen molar-refractivity contribution in [3.63, 3.8) is 0 Å². The summed E-state index contributed by atoms with van der Waals surface area (Å²) in [6.07, 6.45) is 1.89. The summed E-state index contributed by atoms with van der Waals surface area (Å²) in [6, 6.07) is 0. The molecule has 0 bridgehead atoms. The Morgan fingerprint density at radius 3 is 2.45 bits per heavy atom. The number of rotatable bonds is 6. The van der Waals surface area contributed by atoms with Crippen molar-refractivity contribution >= 4 is 11.8 Å². The maximum absolute atomic E-state index is 8.93. The van der Waals surface area contributed by atoms with E-state index in [1.807, 2.05) is 11.8 Å². The highest BCUT2D eigenvalue weighted by Crippen LogP contribution is 2.02. The van der Waals surface area contributed by atoms with E-state index in [1.54, 1.807) is 6.92 Å². The molecule has 0 heterocycles. The van der Waals surface area contributed by atoms with Gasteiger partial charge in [-0.3, -0.25) is 0 Å². The second-order valence-electron chi connectivity index (χ2n) is 3.07. The molecule has 2 nitrogen and oxygen atoms in total. The van der Waals surface area contributed by atoms with Crippen LogP contribution >= 0.6 is 11.8 Å². The molecule has 0 aromatic carbocycles. The van der Waals surface area contributed by atoms with E-state index in [-0.39, 0.29) is 6.10 Å². The lowest BCUT2D eigenvalue weighted by Crippen LogP contribution is -2.29. The van der Waals surface area contributed by atoms with E-state index in [9.17, 15) is 0 Å². The van der Waals surface area contributed by atoms with E-state index in [1.165, 1.54) is 5.75 Å². The summed E-state index contributed by atoms with van der Waals surface area (Å²) in [4.78, 5) is 0. The third-order valence-corrected chi connectivity index (χ3v) is 2.29. The Labute approximate surface area is 73.8 Å². The minimum absolute atomic E-state index is 0.225. The summed E-state index contributed by atoms with van der Waals surface area (Å²) in [5.74, 6) is 1.89. The van der Waals surface area contributed by atoms with Crippen LogP contribution in [-0.4, -0.2) is 36.3 Å². The lowest BCUT2D eigenvalue weighted by molar-refractivity contribution is 0.190. The Morgan fingerprint density at radius 1 is 1.36 bits per heavy atom. The molecule has 3 heteroatoms. The third-order valence-electron chi connectivity index (χ3n) is 1.38. The van der Waals surface area contributed by atoms with E-state index in [0.29, 0.717) is 12.5 Å². The minimum atomic E-state index is -0.225. The van der Waals surface area contributed by atoms with Gasteiger partial charge in [-0.1, -0.05) is 6.92 Å². The van der Waals surface area contributed by atoms with Crippen molar-refractivity contribution in [1.29, 1.82) is 0 Å². The molecule has 0 aromatic rings. The molecule has 0 saturated carbocycles. The Balaban J connectivity index is 3.10. The zero-order valence-electron chi connectivity index (χ0n) is 7.63. The molecule has 0 aliphatic heterocycles. The van der Waals surface area contributed by atoms with Crippen molar-refractivity contribution < 1.29 is 5.11 Å². The number of thioether (sulfide) groups is 1. The first kappa shape index (κ1) is 11.3. The van der Waals surface area contributed by atoms with Crippen molar-refractivity contribution in [2.75, 3.05) is 25.1 Å². The van der Waals surface area contributed by atoms with Crippen molar-refractivity contribution in [2.45, 2.75) is 20.0 Å². The fourth-order valence-electron chi connectivity index (χ4n) is 0.882. The molecule has 0 aliphatic carbocycles. The highest BCUT2D eigenvalue weighted by Gasteiger charge is 2.00. The van der Waals surface area contributed by atoms with Crippen LogP contribution in [0.15, 0.2) is 0 Å². The average molecular weight is 177 g/mol. The molecular formula is C8H19NOS. The van der Waals surface area contributed by atoms with Gasteiger partial charge < -0.3 is 10.4 Å². The number of hydrogen-bond acceptors (Lipinski definition) is 3. The molecule has 68 valence electrons. The SMILES string of the molecule is CSCC(C)CNCC(C)O. The molecule has 0 radical (unpaired) electrons. The van der Waals surface area contributed by atoms with Crippen molar-refractivity contribution in [3.8, 4) is 0 Å². The second kappa shape index (κ2) is 6.95. The lowest BCUT2D eigenvalue weighted by atomic mass is 10.2. The van der Waals surface area contributed by atoms with Gasteiger partial charge in [0.05, 0.1) is 6.10 Å². The Kier molecular flexibility index (Phi) is 7.12. The standard InChI is InChI=1S/C8H19NOS/c1-7(6-11-3)4-9-5-8(2)10/h7-10H,4-6H2,1-3H3. The van der Waals surface area contributed by atoms with Gasteiger partial charge in [0.15, 0.2) is 0 Å². The van der Waals surface area contributed by atoms with Gasteiger partial charge in [-0.15, -0.1) is 0 Å². The summed E-state index contributed by atoms with van der Waals surface area (Å²) in [5.41, 5.74) is 0. The Hall–Kier alpha value is 0.270. The van der Waals surface area contributed by atoms with Gasteiger partial charge in [-0.2, -0.15) is 11.8 Å². The maximum Gasteiger partial charge on any atom is 0.0636 e. The van der Waals surface area contributed by atoms with E-state index >= 15 is 0 Å². The zero-order valence-corrected chi connectivity index (χ0v) is 8.45. The van der Waals surface area contributed by atoms with E-state index in [2.05, 4.69) is 18.5 Å². The van der Waals surface area contributed by atoms with Crippen LogP contribution in [0.25, 0.3) is 0 Å². The maximum atomic E-state index is 8.93. The summed E-state index contributed by atoms with van der Waals surface area (Å²) < 4.78 is 0. The largest absolute Gasteiger partial charge is 0.392 e. The van der Waals surface area contributed by atoms with Crippen molar-refractivity contribution in [3.05, 3.63) is 0 Å². The smallest absolute Gasteiger partial charge is 0.0636 e. The van der Waals surface area contributed by atoms with Gasteiger partial charge in [0.2, 0.25) is 0 Å². The monoisotopic (exact) mass is 177 g/mol. The predicted molar refractivity (Wildman–Crippen MR) is 52.1 cm³/mol. The van der Waals surface area contributed by atoms with Crippen molar-refractivity contribution in [2.24, 2.45) is 5.92 Å². The molecule has 2 atom stereocenters. The molecule has 0 saturated heterocycles. The summed E-state index contributed by atoms with van der Waals surface area (Å²) >= 11 is 1.87. The Morgan fingerprint density at radius 2 is 2.00 bits per heavy atom. The molecule has 0 rings (SSSR count). The van der Waals surface area contributed by atoms with Crippen LogP contribution in [-0.2, 0) is 0 Å². The first-order valence-electron chi connectivity index (χ1n) is 4.04.